The Morgan fingerprint density at radius 1 is 1.18 bits per heavy atom. The monoisotopic (exact) mass is 312 g/mol. The van der Waals surface area contributed by atoms with Crippen molar-refractivity contribution in [3.8, 4) is 5.97 Å². The Balaban J connectivity index is 0.000000172. The summed E-state index contributed by atoms with van der Waals surface area (Å²) in [6.07, 6.45) is 2.65. The quantitative estimate of drug-likeness (QED) is 0.573. The lowest BCUT2D eigenvalue weighted by Crippen LogP contribution is -2.54. The van der Waals surface area contributed by atoms with Crippen LogP contribution in [0.3, 0.4) is 0 Å². The molecule has 3 saturated carbocycles. The van der Waals surface area contributed by atoms with Gasteiger partial charge in [0.05, 0.1) is 0 Å². The van der Waals surface area contributed by atoms with Crippen LogP contribution in [0.15, 0.2) is 30.3 Å². The van der Waals surface area contributed by atoms with E-state index in [0.717, 1.165) is 17.8 Å². The molecule has 2 bridgehead atoms. The standard InChI is InChI=1S/C11H17BN.C8H11P/c1-7-9-4-8(11(9,2)3)5-10(7)12-6-13;1-9(2)8-6-4-3-5-7-8/h7-10H,4-5H2,1-3H3;3-7H,1-2H3/t7-,8+,9-,10-;/m1./s1. The first-order chi connectivity index (χ1) is 10.4. The molecule has 0 saturated heterocycles. The highest BCUT2D eigenvalue weighted by molar-refractivity contribution is 7.64. The van der Waals surface area contributed by atoms with Crippen LogP contribution < -0.4 is 5.30 Å². The Labute approximate surface area is 138 Å². The normalized spacial score (nSPS) is 31.3. The van der Waals surface area contributed by atoms with Crippen LogP contribution in [0.1, 0.15) is 33.6 Å². The molecule has 0 aliphatic heterocycles. The SMILES string of the molecule is CP(C)c1ccccc1.C[C@H]1[C@H]([B]C#N)C[C@@H]2C[C@H]1C2(C)C. The summed E-state index contributed by atoms with van der Waals surface area (Å²) in [7, 11) is 1.96. The number of hydrogen-bond donors (Lipinski definition) is 0. The van der Waals surface area contributed by atoms with Gasteiger partial charge in [0, 0.05) is 0 Å². The topological polar surface area (TPSA) is 23.8 Å². The van der Waals surface area contributed by atoms with Crippen molar-refractivity contribution in [3.05, 3.63) is 30.3 Å². The first kappa shape index (κ1) is 17.6. The highest BCUT2D eigenvalue weighted by Crippen LogP contribution is 2.64. The third kappa shape index (κ3) is 3.57. The number of rotatable bonds is 2. The first-order valence-electron chi connectivity index (χ1n) is 8.33. The molecule has 0 heterocycles. The van der Waals surface area contributed by atoms with Gasteiger partial charge < -0.3 is 0 Å². The molecule has 4 rings (SSSR count). The van der Waals surface area contributed by atoms with Crippen LogP contribution in [0.5, 0.6) is 0 Å². The van der Waals surface area contributed by atoms with Gasteiger partial charge in [-0.15, -0.1) is 0 Å². The fourth-order valence-corrected chi connectivity index (χ4v) is 5.00. The van der Waals surface area contributed by atoms with E-state index in [0.29, 0.717) is 11.2 Å². The zero-order chi connectivity index (χ0) is 16.3. The summed E-state index contributed by atoms with van der Waals surface area (Å²) in [5, 5.41) is 10.1. The van der Waals surface area contributed by atoms with Gasteiger partial charge in [0.1, 0.15) is 0 Å². The maximum absolute atomic E-state index is 8.66. The summed E-state index contributed by atoms with van der Waals surface area (Å²) in [5.41, 5.74) is 0.555. The van der Waals surface area contributed by atoms with Gasteiger partial charge in [-0.1, -0.05) is 65.4 Å². The zero-order valence-corrected chi connectivity index (χ0v) is 15.5. The lowest BCUT2D eigenvalue weighted by Gasteiger charge is -2.62. The van der Waals surface area contributed by atoms with E-state index in [4.69, 9.17) is 5.26 Å². The van der Waals surface area contributed by atoms with Crippen molar-refractivity contribution in [2.24, 2.45) is 23.2 Å². The summed E-state index contributed by atoms with van der Waals surface area (Å²) in [4.78, 5) is 0. The zero-order valence-electron chi connectivity index (χ0n) is 14.6. The van der Waals surface area contributed by atoms with Gasteiger partial charge in [0.15, 0.2) is 0 Å². The second-order valence-corrected chi connectivity index (χ2v) is 9.95. The van der Waals surface area contributed by atoms with E-state index in [1.165, 1.54) is 18.1 Å². The van der Waals surface area contributed by atoms with Gasteiger partial charge in [-0.25, -0.2) is 5.26 Å². The van der Waals surface area contributed by atoms with E-state index in [1.807, 2.05) is 7.28 Å². The Hall–Kier alpha value is -0.795. The molecular formula is C19H28BNP. The van der Waals surface area contributed by atoms with Crippen LogP contribution in [0, 0.1) is 34.4 Å². The molecule has 3 fully saturated rings. The van der Waals surface area contributed by atoms with Crippen LogP contribution in [-0.2, 0) is 0 Å². The first-order valence-corrected chi connectivity index (χ1v) is 10.6. The van der Waals surface area contributed by atoms with E-state index >= 15 is 0 Å². The molecule has 4 atom stereocenters. The number of nitriles is 1. The molecule has 1 aromatic carbocycles. The Bertz CT molecular complexity index is 520. The lowest BCUT2D eigenvalue weighted by molar-refractivity contribution is -0.0983. The summed E-state index contributed by atoms with van der Waals surface area (Å²) in [6, 6.07) is 10.6. The highest BCUT2D eigenvalue weighted by atomic mass is 31.1. The van der Waals surface area contributed by atoms with E-state index < -0.39 is 0 Å². The van der Waals surface area contributed by atoms with Gasteiger partial charge in [0.25, 0.3) is 7.28 Å². The second kappa shape index (κ2) is 7.19. The van der Waals surface area contributed by atoms with Crippen LogP contribution in [0.25, 0.3) is 0 Å². The molecule has 3 heteroatoms. The Morgan fingerprint density at radius 2 is 1.82 bits per heavy atom. The number of hydrogen-bond acceptors (Lipinski definition) is 1. The minimum absolute atomic E-state index is 0.104. The third-order valence-corrected chi connectivity index (χ3v) is 7.31. The number of fused-ring (bicyclic) bond motifs is 2. The minimum Gasteiger partial charge on any atom is -0.213 e. The largest absolute Gasteiger partial charge is 0.258 e. The van der Waals surface area contributed by atoms with Crippen LogP contribution in [0.2, 0.25) is 5.82 Å². The Morgan fingerprint density at radius 3 is 2.23 bits per heavy atom. The maximum Gasteiger partial charge on any atom is 0.258 e. The molecule has 1 aromatic rings. The van der Waals surface area contributed by atoms with Crippen molar-refractivity contribution >= 4 is 20.5 Å². The van der Waals surface area contributed by atoms with Crippen molar-refractivity contribution in [2.75, 3.05) is 13.3 Å². The Kier molecular flexibility index (Phi) is 5.73. The third-order valence-electron chi connectivity index (χ3n) is 5.97. The highest BCUT2D eigenvalue weighted by Gasteiger charge is 2.55. The van der Waals surface area contributed by atoms with Crippen molar-refractivity contribution in [1.82, 2.24) is 0 Å². The fourth-order valence-electron chi connectivity index (χ4n) is 4.23. The summed E-state index contributed by atoms with van der Waals surface area (Å²) in [6.45, 7) is 11.6. The summed E-state index contributed by atoms with van der Waals surface area (Å²) < 4.78 is 0. The van der Waals surface area contributed by atoms with Crippen LogP contribution in [-0.4, -0.2) is 20.6 Å². The molecule has 0 unspecified atom stereocenters. The molecule has 22 heavy (non-hydrogen) atoms. The van der Waals surface area contributed by atoms with Gasteiger partial charge in [-0.2, -0.15) is 0 Å². The molecule has 0 N–H and O–H groups in total. The summed E-state index contributed by atoms with van der Waals surface area (Å²) in [5.74, 6) is 5.24. The smallest absolute Gasteiger partial charge is 0.213 e. The van der Waals surface area contributed by atoms with Crippen molar-refractivity contribution < 1.29 is 0 Å². The molecule has 1 nitrogen and oxygen atoms in total. The van der Waals surface area contributed by atoms with E-state index in [2.05, 4.69) is 70.4 Å². The molecular weight excluding hydrogens is 284 g/mol. The van der Waals surface area contributed by atoms with Crippen LogP contribution in [0.4, 0.5) is 0 Å². The van der Waals surface area contributed by atoms with Crippen molar-refractivity contribution in [1.29, 1.82) is 5.26 Å². The van der Waals surface area contributed by atoms with Crippen molar-refractivity contribution in [2.45, 2.75) is 39.4 Å². The van der Waals surface area contributed by atoms with E-state index in [9.17, 15) is 0 Å². The number of nitrogens with zero attached hydrogens (tertiary/aromatic N) is 1. The predicted molar refractivity (Wildman–Crippen MR) is 99.1 cm³/mol. The van der Waals surface area contributed by atoms with Gasteiger partial charge in [-0.3, -0.25) is 0 Å². The molecule has 0 aromatic heterocycles. The molecule has 1 radical (unpaired) electrons. The molecule has 0 amide bonds. The lowest BCUT2D eigenvalue weighted by atomic mass is 9.38. The molecule has 3 aliphatic carbocycles. The molecule has 117 valence electrons. The maximum atomic E-state index is 8.66. The van der Waals surface area contributed by atoms with Crippen LogP contribution >= 0.6 is 7.92 Å². The van der Waals surface area contributed by atoms with Crippen molar-refractivity contribution in [3.63, 3.8) is 0 Å². The molecule has 3 aliphatic rings. The van der Waals surface area contributed by atoms with E-state index in [1.54, 1.807) is 0 Å². The molecule has 0 spiro atoms. The summed E-state index contributed by atoms with van der Waals surface area (Å²) >= 11 is 0. The minimum atomic E-state index is 0.104. The average molecular weight is 312 g/mol. The van der Waals surface area contributed by atoms with Gasteiger partial charge in [-0.05, 0) is 60.0 Å². The average Bonchev–Trinajstić information content (AvgIpc) is 2.50. The van der Waals surface area contributed by atoms with E-state index in [-0.39, 0.29) is 7.92 Å². The fraction of sp³-hybridized carbons (Fsp3) is 0.632. The number of benzene rings is 1. The van der Waals surface area contributed by atoms with Gasteiger partial charge in [0.2, 0.25) is 0 Å². The second-order valence-electron chi connectivity index (χ2n) is 7.64. The predicted octanol–water partition coefficient (Wildman–Crippen LogP) is 4.72. The van der Waals surface area contributed by atoms with Gasteiger partial charge >= 0.3 is 0 Å².